The van der Waals surface area contributed by atoms with Crippen LogP contribution < -0.4 is 5.32 Å². The SMILES string of the molecule is O=C(CCNc1ccc2nnc(C(F)(F)F)n2n1)N1CCCC1. The van der Waals surface area contributed by atoms with Gasteiger partial charge in [-0.15, -0.1) is 15.3 Å². The van der Waals surface area contributed by atoms with Crippen molar-refractivity contribution >= 4 is 17.4 Å². The molecule has 1 N–H and O–H groups in total. The van der Waals surface area contributed by atoms with Crippen molar-refractivity contribution < 1.29 is 18.0 Å². The van der Waals surface area contributed by atoms with E-state index in [9.17, 15) is 18.0 Å². The van der Waals surface area contributed by atoms with Gasteiger partial charge in [0, 0.05) is 26.1 Å². The fourth-order valence-electron chi connectivity index (χ4n) is 2.48. The van der Waals surface area contributed by atoms with E-state index in [-0.39, 0.29) is 23.8 Å². The van der Waals surface area contributed by atoms with E-state index in [1.807, 2.05) is 0 Å². The number of halogens is 3. The maximum absolute atomic E-state index is 12.8. The summed E-state index contributed by atoms with van der Waals surface area (Å²) in [6.45, 7) is 1.86. The van der Waals surface area contributed by atoms with Crippen molar-refractivity contribution in [1.82, 2.24) is 24.7 Å². The van der Waals surface area contributed by atoms with E-state index in [4.69, 9.17) is 0 Å². The third-order valence-electron chi connectivity index (χ3n) is 3.62. The fraction of sp³-hybridized carbons (Fsp3) is 0.538. The Balaban J connectivity index is 1.65. The third kappa shape index (κ3) is 3.35. The maximum Gasteiger partial charge on any atom is 0.453 e. The van der Waals surface area contributed by atoms with Gasteiger partial charge < -0.3 is 10.2 Å². The Labute approximate surface area is 129 Å². The number of hydrogen-bond acceptors (Lipinski definition) is 5. The summed E-state index contributed by atoms with van der Waals surface area (Å²) in [6.07, 6.45) is -2.32. The summed E-state index contributed by atoms with van der Waals surface area (Å²) in [5, 5.41) is 13.2. The van der Waals surface area contributed by atoms with Crippen LogP contribution in [-0.4, -0.2) is 50.3 Å². The van der Waals surface area contributed by atoms with Crippen LogP contribution in [0.4, 0.5) is 19.0 Å². The summed E-state index contributed by atoms with van der Waals surface area (Å²) >= 11 is 0. The predicted molar refractivity (Wildman–Crippen MR) is 74.7 cm³/mol. The van der Waals surface area contributed by atoms with Gasteiger partial charge >= 0.3 is 6.18 Å². The molecule has 0 unspecified atom stereocenters. The number of fused-ring (bicyclic) bond motifs is 1. The largest absolute Gasteiger partial charge is 0.453 e. The average molecular weight is 328 g/mol. The quantitative estimate of drug-likeness (QED) is 0.922. The Morgan fingerprint density at radius 3 is 2.65 bits per heavy atom. The Morgan fingerprint density at radius 1 is 1.22 bits per heavy atom. The van der Waals surface area contributed by atoms with Gasteiger partial charge in [0.05, 0.1) is 0 Å². The summed E-state index contributed by atoms with van der Waals surface area (Å²) in [7, 11) is 0. The van der Waals surface area contributed by atoms with E-state index in [1.54, 1.807) is 4.90 Å². The van der Waals surface area contributed by atoms with E-state index >= 15 is 0 Å². The lowest BCUT2D eigenvalue weighted by molar-refractivity contribution is -0.146. The molecule has 7 nitrogen and oxygen atoms in total. The van der Waals surface area contributed by atoms with E-state index in [2.05, 4.69) is 20.6 Å². The molecule has 1 saturated heterocycles. The fourth-order valence-corrected chi connectivity index (χ4v) is 2.48. The van der Waals surface area contributed by atoms with Crippen molar-refractivity contribution in [3.05, 3.63) is 18.0 Å². The van der Waals surface area contributed by atoms with E-state index in [0.29, 0.717) is 11.1 Å². The predicted octanol–water partition coefficient (Wildman–Crippen LogP) is 1.57. The number of nitrogens with one attached hydrogen (secondary N) is 1. The molecule has 0 aromatic carbocycles. The molecule has 0 aliphatic carbocycles. The molecule has 2 aromatic rings. The van der Waals surface area contributed by atoms with Gasteiger partial charge in [-0.05, 0) is 25.0 Å². The number of anilines is 1. The normalized spacial score (nSPS) is 15.3. The van der Waals surface area contributed by atoms with Crippen molar-refractivity contribution in [3.8, 4) is 0 Å². The number of carbonyl (C=O) groups excluding carboxylic acids is 1. The third-order valence-corrected chi connectivity index (χ3v) is 3.62. The lowest BCUT2D eigenvalue weighted by atomic mass is 10.3. The number of hydrogen-bond donors (Lipinski definition) is 1. The molecule has 3 heterocycles. The smallest absolute Gasteiger partial charge is 0.368 e. The second-order valence-electron chi connectivity index (χ2n) is 5.27. The summed E-state index contributed by atoms with van der Waals surface area (Å²) < 4.78 is 39.0. The van der Waals surface area contributed by atoms with E-state index in [0.717, 1.165) is 25.9 Å². The van der Waals surface area contributed by atoms with Gasteiger partial charge in [-0.25, -0.2) is 0 Å². The molecule has 23 heavy (non-hydrogen) atoms. The number of amides is 1. The molecule has 0 saturated carbocycles. The maximum atomic E-state index is 12.8. The van der Waals surface area contributed by atoms with Crippen LogP contribution in [0.3, 0.4) is 0 Å². The van der Waals surface area contributed by atoms with E-state index in [1.165, 1.54) is 12.1 Å². The lowest BCUT2D eigenvalue weighted by Crippen LogP contribution is -2.29. The molecule has 1 aliphatic rings. The number of nitrogens with zero attached hydrogens (tertiary/aromatic N) is 5. The second-order valence-corrected chi connectivity index (χ2v) is 5.27. The molecular weight excluding hydrogens is 313 g/mol. The highest BCUT2D eigenvalue weighted by Gasteiger charge is 2.37. The first-order chi connectivity index (χ1) is 10.9. The summed E-state index contributed by atoms with van der Waals surface area (Å²) in [6, 6.07) is 2.89. The van der Waals surface area contributed by atoms with Crippen LogP contribution in [0.5, 0.6) is 0 Å². The van der Waals surface area contributed by atoms with Crippen molar-refractivity contribution in [3.63, 3.8) is 0 Å². The molecule has 1 amide bonds. The zero-order valence-corrected chi connectivity index (χ0v) is 12.2. The second kappa shape index (κ2) is 6.01. The molecule has 0 bridgehead atoms. The number of likely N-dealkylation sites (tertiary alicyclic amines) is 1. The summed E-state index contributed by atoms with van der Waals surface area (Å²) in [5.74, 6) is -0.905. The number of aromatic nitrogens is 4. The Bertz CT molecular complexity index is 707. The summed E-state index contributed by atoms with van der Waals surface area (Å²) in [4.78, 5) is 13.7. The van der Waals surface area contributed by atoms with Crippen LogP contribution in [0, 0.1) is 0 Å². The number of carbonyl (C=O) groups is 1. The molecular formula is C13H15F3N6O. The zero-order valence-electron chi connectivity index (χ0n) is 12.2. The van der Waals surface area contributed by atoms with Gasteiger partial charge in [0.25, 0.3) is 5.82 Å². The molecule has 3 rings (SSSR count). The highest BCUT2D eigenvalue weighted by molar-refractivity contribution is 5.76. The first-order valence-electron chi connectivity index (χ1n) is 7.26. The Kier molecular flexibility index (Phi) is 4.05. The Morgan fingerprint density at radius 2 is 1.96 bits per heavy atom. The van der Waals surface area contributed by atoms with Crippen LogP contribution in [0.25, 0.3) is 5.65 Å². The van der Waals surface area contributed by atoms with Crippen molar-refractivity contribution in [1.29, 1.82) is 0 Å². The monoisotopic (exact) mass is 328 g/mol. The van der Waals surface area contributed by atoms with Crippen LogP contribution in [0.1, 0.15) is 25.1 Å². The topological polar surface area (TPSA) is 75.4 Å². The van der Waals surface area contributed by atoms with Gasteiger partial charge in [-0.2, -0.15) is 17.7 Å². The minimum absolute atomic E-state index is 0.0102. The van der Waals surface area contributed by atoms with Gasteiger partial charge in [0.15, 0.2) is 5.65 Å². The van der Waals surface area contributed by atoms with Crippen LogP contribution in [0.2, 0.25) is 0 Å². The highest BCUT2D eigenvalue weighted by Crippen LogP contribution is 2.27. The van der Waals surface area contributed by atoms with Gasteiger partial charge in [-0.1, -0.05) is 0 Å². The van der Waals surface area contributed by atoms with Crippen molar-refractivity contribution in [2.24, 2.45) is 0 Å². The van der Waals surface area contributed by atoms with Gasteiger partial charge in [0.2, 0.25) is 5.91 Å². The molecule has 0 spiro atoms. The molecule has 0 radical (unpaired) electrons. The lowest BCUT2D eigenvalue weighted by Gasteiger charge is -2.15. The minimum Gasteiger partial charge on any atom is -0.368 e. The number of rotatable bonds is 4. The van der Waals surface area contributed by atoms with Gasteiger partial charge in [0.1, 0.15) is 5.82 Å². The van der Waals surface area contributed by atoms with Crippen LogP contribution in [0.15, 0.2) is 12.1 Å². The molecule has 0 atom stereocenters. The number of alkyl halides is 3. The Hall–Kier alpha value is -2.39. The molecule has 1 aliphatic heterocycles. The molecule has 1 fully saturated rings. The first kappa shape index (κ1) is 15.5. The first-order valence-corrected chi connectivity index (χ1v) is 7.26. The zero-order chi connectivity index (χ0) is 16.4. The molecule has 10 heteroatoms. The average Bonchev–Trinajstić information content (AvgIpc) is 3.15. The van der Waals surface area contributed by atoms with Crippen LogP contribution >= 0.6 is 0 Å². The highest BCUT2D eigenvalue weighted by atomic mass is 19.4. The van der Waals surface area contributed by atoms with Crippen molar-refractivity contribution in [2.45, 2.75) is 25.4 Å². The molecule has 124 valence electrons. The van der Waals surface area contributed by atoms with E-state index < -0.39 is 12.0 Å². The van der Waals surface area contributed by atoms with Crippen molar-refractivity contribution in [2.75, 3.05) is 25.0 Å². The standard InChI is InChI=1S/C13H15F3N6O/c14-13(15,16)12-19-18-10-4-3-9(20-22(10)12)17-6-5-11(23)21-7-1-2-8-21/h3-4H,1-2,5-8H2,(H,17,20). The van der Waals surface area contributed by atoms with Crippen LogP contribution in [-0.2, 0) is 11.0 Å². The minimum atomic E-state index is -4.63. The molecule has 2 aromatic heterocycles. The summed E-state index contributed by atoms with van der Waals surface area (Å²) in [5.41, 5.74) is 0.0102. The van der Waals surface area contributed by atoms with Gasteiger partial charge in [-0.3, -0.25) is 4.79 Å².